The molecule has 4 nitrogen and oxygen atoms in total. The summed E-state index contributed by atoms with van der Waals surface area (Å²) in [6.07, 6.45) is 1.80. The molecule has 1 atom stereocenters. The minimum Gasteiger partial charge on any atom is -0.280 e. The predicted molar refractivity (Wildman–Crippen MR) is 116 cm³/mol. The van der Waals surface area contributed by atoms with Crippen LogP contribution in [0.1, 0.15) is 29.3 Å². The minimum atomic E-state index is -0.393. The molecular weight excluding hydrogens is 378 g/mol. The molecule has 0 N–H and O–H groups in total. The number of rotatable bonds is 3. The molecule has 5 heteroatoms. The number of amides is 1. The number of fused-ring (bicyclic) bond motifs is 2. The van der Waals surface area contributed by atoms with E-state index in [0.29, 0.717) is 10.6 Å². The van der Waals surface area contributed by atoms with Gasteiger partial charge >= 0.3 is 0 Å². The molecule has 144 valence electrons. The monoisotopic (exact) mass is 399 g/mol. The van der Waals surface area contributed by atoms with Crippen molar-refractivity contribution in [3.05, 3.63) is 83.0 Å². The number of anilines is 2. The number of nitrogens with zero attached hydrogens (tertiary/aromatic N) is 3. The van der Waals surface area contributed by atoms with Crippen LogP contribution in [-0.4, -0.2) is 16.1 Å². The summed E-state index contributed by atoms with van der Waals surface area (Å²) in [7, 11) is 0. The first-order valence-corrected chi connectivity index (χ1v) is 10.5. The van der Waals surface area contributed by atoms with Gasteiger partial charge in [-0.25, -0.2) is 4.98 Å². The summed E-state index contributed by atoms with van der Waals surface area (Å²) in [5.74, 6) is -0.0102. The zero-order valence-electron chi connectivity index (χ0n) is 16.4. The molecule has 1 unspecified atom stereocenters. The molecule has 3 aromatic rings. The summed E-state index contributed by atoms with van der Waals surface area (Å²) in [4.78, 5) is 20.0. The lowest BCUT2D eigenvalue weighted by atomic mass is 10.0. The fourth-order valence-electron chi connectivity index (χ4n) is 3.62. The minimum absolute atomic E-state index is 0.0102. The Balaban J connectivity index is 1.73. The van der Waals surface area contributed by atoms with Crippen LogP contribution in [0.15, 0.2) is 65.7 Å². The van der Waals surface area contributed by atoms with Gasteiger partial charge in [-0.3, -0.25) is 9.69 Å². The zero-order chi connectivity index (χ0) is 20.4. The predicted octanol–water partition coefficient (Wildman–Crippen LogP) is 5.21. The summed E-state index contributed by atoms with van der Waals surface area (Å²) in [5, 5.41) is 9.62. The van der Waals surface area contributed by atoms with E-state index < -0.39 is 5.25 Å². The highest BCUT2D eigenvalue weighted by atomic mass is 32.2. The Labute approximate surface area is 175 Å². The molecular formula is C24H21N3OS. The van der Waals surface area contributed by atoms with Gasteiger partial charge in [-0.05, 0) is 62.1 Å². The van der Waals surface area contributed by atoms with E-state index >= 15 is 0 Å². The summed E-state index contributed by atoms with van der Waals surface area (Å²) < 4.78 is 0. The van der Waals surface area contributed by atoms with Crippen molar-refractivity contribution in [3.63, 3.8) is 0 Å². The number of pyridine rings is 1. The van der Waals surface area contributed by atoms with Crippen molar-refractivity contribution in [2.75, 3.05) is 4.90 Å². The molecule has 0 saturated carbocycles. The molecule has 0 aliphatic carbocycles. The number of aromatic nitrogens is 1. The van der Waals surface area contributed by atoms with E-state index in [9.17, 15) is 10.1 Å². The van der Waals surface area contributed by atoms with Gasteiger partial charge < -0.3 is 0 Å². The van der Waals surface area contributed by atoms with Crippen LogP contribution < -0.4 is 4.90 Å². The Bertz CT molecular complexity index is 1070. The van der Waals surface area contributed by atoms with Crippen LogP contribution >= 0.6 is 11.8 Å². The zero-order valence-corrected chi connectivity index (χ0v) is 17.2. The highest BCUT2D eigenvalue weighted by molar-refractivity contribution is 8.00. The number of carbonyl (C=O) groups is 1. The van der Waals surface area contributed by atoms with E-state index in [1.807, 2.05) is 61.2 Å². The van der Waals surface area contributed by atoms with Crippen LogP contribution in [0.3, 0.4) is 0 Å². The van der Waals surface area contributed by atoms with Gasteiger partial charge in [0.05, 0.1) is 22.2 Å². The Morgan fingerprint density at radius 1 is 1.03 bits per heavy atom. The molecule has 0 saturated heterocycles. The van der Waals surface area contributed by atoms with Gasteiger partial charge in [0.1, 0.15) is 11.1 Å². The van der Waals surface area contributed by atoms with Gasteiger partial charge in [0.15, 0.2) is 0 Å². The van der Waals surface area contributed by atoms with Crippen molar-refractivity contribution in [1.82, 2.24) is 4.98 Å². The maximum Gasteiger partial charge on any atom is 0.244 e. The molecule has 1 amide bonds. The SMILES string of the molecule is Cc1ccc(C#N)c(SC(C)C(=O)N2c3ccccc3CCc3ccccc32)n1. The Hall–Kier alpha value is -3.10. The van der Waals surface area contributed by atoms with Crippen LogP contribution in [0.25, 0.3) is 0 Å². The van der Waals surface area contributed by atoms with E-state index in [0.717, 1.165) is 29.9 Å². The first-order chi connectivity index (χ1) is 14.1. The summed E-state index contributed by atoms with van der Waals surface area (Å²) >= 11 is 1.34. The van der Waals surface area contributed by atoms with Gasteiger partial charge in [-0.2, -0.15) is 5.26 Å². The standard InChI is InChI=1S/C24H21N3OS/c1-16-11-12-20(15-25)23(26-16)29-17(2)24(28)27-21-9-5-3-7-18(21)13-14-19-8-4-6-10-22(19)27/h3-12,17H,13-14H2,1-2H3. The number of thioether (sulfide) groups is 1. The molecule has 29 heavy (non-hydrogen) atoms. The lowest BCUT2D eigenvalue weighted by Gasteiger charge is -2.27. The fourth-order valence-corrected chi connectivity index (χ4v) is 4.60. The van der Waals surface area contributed by atoms with Crippen LogP contribution in [0.2, 0.25) is 0 Å². The number of nitriles is 1. The largest absolute Gasteiger partial charge is 0.280 e. The van der Waals surface area contributed by atoms with Gasteiger partial charge in [0, 0.05) is 5.69 Å². The highest BCUT2D eigenvalue weighted by Crippen LogP contribution is 2.38. The van der Waals surface area contributed by atoms with Crippen molar-refractivity contribution in [2.24, 2.45) is 0 Å². The molecule has 2 aromatic carbocycles. The Morgan fingerprint density at radius 3 is 2.21 bits per heavy atom. The van der Waals surface area contributed by atoms with Crippen molar-refractivity contribution >= 4 is 29.0 Å². The topological polar surface area (TPSA) is 57.0 Å². The van der Waals surface area contributed by atoms with E-state index in [1.54, 1.807) is 6.07 Å². The number of benzene rings is 2. The number of hydrogen-bond acceptors (Lipinski definition) is 4. The summed E-state index contributed by atoms with van der Waals surface area (Å²) in [6.45, 7) is 3.77. The third-order valence-electron chi connectivity index (χ3n) is 5.11. The normalized spacial score (nSPS) is 13.6. The summed E-state index contributed by atoms with van der Waals surface area (Å²) in [6, 6.07) is 22.0. The van der Waals surface area contributed by atoms with Crippen molar-refractivity contribution in [1.29, 1.82) is 5.26 Å². The molecule has 1 aromatic heterocycles. The molecule has 2 heterocycles. The lowest BCUT2D eigenvalue weighted by molar-refractivity contribution is -0.117. The third kappa shape index (κ3) is 3.76. The van der Waals surface area contributed by atoms with Crippen molar-refractivity contribution in [2.45, 2.75) is 37.0 Å². The number of hydrogen-bond donors (Lipinski definition) is 0. The first-order valence-electron chi connectivity index (χ1n) is 9.62. The molecule has 0 bridgehead atoms. The maximum atomic E-state index is 13.7. The third-order valence-corrected chi connectivity index (χ3v) is 6.19. The highest BCUT2D eigenvalue weighted by Gasteiger charge is 2.30. The molecule has 1 aliphatic heterocycles. The molecule has 4 rings (SSSR count). The van der Waals surface area contributed by atoms with Crippen molar-refractivity contribution in [3.8, 4) is 6.07 Å². The van der Waals surface area contributed by atoms with Crippen LogP contribution in [-0.2, 0) is 17.6 Å². The van der Waals surface area contributed by atoms with Gasteiger partial charge in [-0.1, -0.05) is 48.2 Å². The van der Waals surface area contributed by atoms with Crippen LogP contribution in [0.5, 0.6) is 0 Å². The average Bonchev–Trinajstić information content (AvgIpc) is 2.90. The number of para-hydroxylation sites is 2. The van der Waals surface area contributed by atoms with E-state index in [-0.39, 0.29) is 5.91 Å². The molecule has 0 spiro atoms. The van der Waals surface area contributed by atoms with Crippen LogP contribution in [0, 0.1) is 18.3 Å². The van der Waals surface area contributed by atoms with Crippen molar-refractivity contribution < 1.29 is 4.79 Å². The second kappa shape index (κ2) is 8.10. The van der Waals surface area contributed by atoms with E-state index in [4.69, 9.17) is 0 Å². The fraction of sp³-hybridized carbons (Fsp3) is 0.208. The average molecular weight is 400 g/mol. The van der Waals surface area contributed by atoms with E-state index in [2.05, 4.69) is 23.2 Å². The maximum absolute atomic E-state index is 13.7. The molecule has 0 radical (unpaired) electrons. The first kappa shape index (κ1) is 19.2. The second-order valence-electron chi connectivity index (χ2n) is 7.11. The second-order valence-corrected chi connectivity index (χ2v) is 8.44. The van der Waals surface area contributed by atoms with Gasteiger partial charge in [0.25, 0.3) is 0 Å². The molecule has 0 fully saturated rings. The quantitative estimate of drug-likeness (QED) is 0.568. The Morgan fingerprint density at radius 2 is 1.62 bits per heavy atom. The summed E-state index contributed by atoms with van der Waals surface area (Å²) in [5.41, 5.74) is 5.54. The van der Waals surface area contributed by atoms with Gasteiger partial charge in [-0.15, -0.1) is 0 Å². The molecule has 1 aliphatic rings. The van der Waals surface area contributed by atoms with Gasteiger partial charge in [0.2, 0.25) is 5.91 Å². The van der Waals surface area contributed by atoms with E-state index in [1.165, 1.54) is 22.9 Å². The smallest absolute Gasteiger partial charge is 0.244 e. The lowest BCUT2D eigenvalue weighted by Crippen LogP contribution is -2.33. The number of aryl methyl sites for hydroxylation is 3. The Kier molecular flexibility index (Phi) is 5.37. The van der Waals surface area contributed by atoms with Crippen LogP contribution in [0.4, 0.5) is 11.4 Å². The number of carbonyl (C=O) groups excluding carboxylic acids is 1.